The standard InChI is InChI=1S/C24H34N2O5/c1-9-29-20-13-17(12-18-22(28)31-23(25-18)24(6,7)8)10-11-19(20)30-14-21(27)26(15(2)3)16(4)5/h10-13,15-16H,9,14H2,1-8H3/b18-12-. The van der Waals surface area contributed by atoms with Crippen molar-refractivity contribution in [1.82, 2.24) is 4.90 Å². The summed E-state index contributed by atoms with van der Waals surface area (Å²) < 4.78 is 16.8. The molecule has 0 aliphatic carbocycles. The molecule has 0 saturated heterocycles. The van der Waals surface area contributed by atoms with E-state index in [1.807, 2.05) is 55.4 Å². The molecule has 1 amide bonds. The Balaban J connectivity index is 2.23. The number of hydrogen-bond acceptors (Lipinski definition) is 6. The van der Waals surface area contributed by atoms with Gasteiger partial charge in [-0.3, -0.25) is 4.79 Å². The van der Waals surface area contributed by atoms with Crippen molar-refractivity contribution in [3.05, 3.63) is 29.5 Å². The van der Waals surface area contributed by atoms with Gasteiger partial charge < -0.3 is 19.1 Å². The third-order valence-corrected chi connectivity index (χ3v) is 4.58. The molecule has 0 unspecified atom stereocenters. The summed E-state index contributed by atoms with van der Waals surface area (Å²) in [5.41, 5.74) is 0.603. The Morgan fingerprint density at radius 3 is 2.29 bits per heavy atom. The largest absolute Gasteiger partial charge is 0.490 e. The van der Waals surface area contributed by atoms with E-state index in [1.165, 1.54) is 0 Å². The maximum Gasteiger partial charge on any atom is 0.363 e. The van der Waals surface area contributed by atoms with E-state index in [2.05, 4.69) is 4.99 Å². The molecule has 1 heterocycles. The smallest absolute Gasteiger partial charge is 0.363 e. The number of ether oxygens (including phenoxy) is 3. The molecule has 1 aliphatic heterocycles. The van der Waals surface area contributed by atoms with Gasteiger partial charge >= 0.3 is 5.97 Å². The minimum absolute atomic E-state index is 0.0809. The Morgan fingerprint density at radius 2 is 1.77 bits per heavy atom. The van der Waals surface area contributed by atoms with Gasteiger partial charge in [-0.25, -0.2) is 9.79 Å². The van der Waals surface area contributed by atoms with E-state index in [-0.39, 0.29) is 35.7 Å². The zero-order valence-electron chi connectivity index (χ0n) is 19.8. The fourth-order valence-corrected chi connectivity index (χ4v) is 3.28. The summed E-state index contributed by atoms with van der Waals surface area (Å²) in [6.07, 6.45) is 1.65. The van der Waals surface area contributed by atoms with Crippen molar-refractivity contribution < 1.29 is 23.8 Å². The molecule has 0 atom stereocenters. The summed E-state index contributed by atoms with van der Waals surface area (Å²) in [7, 11) is 0. The first kappa shape index (κ1) is 24.4. The summed E-state index contributed by atoms with van der Waals surface area (Å²) in [6, 6.07) is 5.45. The Kier molecular flexibility index (Phi) is 7.87. The van der Waals surface area contributed by atoms with Crippen molar-refractivity contribution in [2.75, 3.05) is 13.2 Å². The van der Waals surface area contributed by atoms with Crippen LogP contribution in [-0.2, 0) is 14.3 Å². The van der Waals surface area contributed by atoms with Crippen molar-refractivity contribution >= 4 is 23.9 Å². The summed E-state index contributed by atoms with van der Waals surface area (Å²) in [6.45, 7) is 15.9. The van der Waals surface area contributed by atoms with Crippen LogP contribution in [0.4, 0.5) is 0 Å². The number of cyclic esters (lactones) is 1. The van der Waals surface area contributed by atoms with Crippen LogP contribution in [0.3, 0.4) is 0 Å². The third-order valence-electron chi connectivity index (χ3n) is 4.58. The normalized spacial score (nSPS) is 15.4. The molecule has 0 fully saturated rings. The molecule has 1 aliphatic rings. The lowest BCUT2D eigenvalue weighted by Crippen LogP contribution is -2.44. The highest BCUT2D eigenvalue weighted by Gasteiger charge is 2.31. The second-order valence-corrected chi connectivity index (χ2v) is 9.00. The summed E-state index contributed by atoms with van der Waals surface area (Å²) in [4.78, 5) is 30.9. The lowest BCUT2D eigenvalue weighted by atomic mass is 9.97. The molecule has 7 heteroatoms. The first-order valence-corrected chi connectivity index (χ1v) is 10.7. The van der Waals surface area contributed by atoms with E-state index in [9.17, 15) is 9.59 Å². The highest BCUT2D eigenvalue weighted by atomic mass is 16.6. The Morgan fingerprint density at radius 1 is 1.13 bits per heavy atom. The van der Waals surface area contributed by atoms with Gasteiger partial charge in [-0.1, -0.05) is 26.8 Å². The molecule has 0 radical (unpaired) electrons. The van der Waals surface area contributed by atoms with Crippen LogP contribution < -0.4 is 9.47 Å². The van der Waals surface area contributed by atoms with Gasteiger partial charge in [0.1, 0.15) is 0 Å². The van der Waals surface area contributed by atoms with Crippen molar-refractivity contribution in [2.45, 2.75) is 67.5 Å². The predicted octanol–water partition coefficient (Wildman–Crippen LogP) is 4.45. The molecule has 0 N–H and O–H groups in total. The van der Waals surface area contributed by atoms with Crippen LogP contribution in [0.25, 0.3) is 6.08 Å². The van der Waals surface area contributed by atoms with E-state index < -0.39 is 5.97 Å². The van der Waals surface area contributed by atoms with E-state index in [4.69, 9.17) is 14.2 Å². The zero-order valence-corrected chi connectivity index (χ0v) is 19.8. The van der Waals surface area contributed by atoms with Gasteiger partial charge in [0.15, 0.2) is 23.8 Å². The van der Waals surface area contributed by atoms with E-state index in [0.29, 0.717) is 24.0 Å². The van der Waals surface area contributed by atoms with E-state index in [1.54, 1.807) is 29.2 Å². The molecule has 2 rings (SSSR count). The molecule has 1 aromatic rings. The van der Waals surface area contributed by atoms with Crippen molar-refractivity contribution in [3.8, 4) is 11.5 Å². The fraction of sp³-hybridized carbons (Fsp3) is 0.542. The second-order valence-electron chi connectivity index (χ2n) is 9.00. The van der Waals surface area contributed by atoms with Gasteiger partial charge in [0.25, 0.3) is 5.91 Å². The molecule has 0 spiro atoms. The quantitative estimate of drug-likeness (QED) is 0.450. The average Bonchev–Trinajstić information content (AvgIpc) is 3.01. The number of esters is 1. The Labute approximate surface area is 185 Å². The van der Waals surface area contributed by atoms with Gasteiger partial charge in [-0.15, -0.1) is 0 Å². The molecule has 7 nitrogen and oxygen atoms in total. The lowest BCUT2D eigenvalue weighted by molar-refractivity contribution is -0.137. The minimum Gasteiger partial charge on any atom is -0.490 e. The molecule has 0 bridgehead atoms. The minimum atomic E-state index is -0.476. The van der Waals surface area contributed by atoms with Crippen molar-refractivity contribution in [1.29, 1.82) is 0 Å². The topological polar surface area (TPSA) is 77.4 Å². The van der Waals surface area contributed by atoms with Gasteiger partial charge in [0, 0.05) is 17.5 Å². The third kappa shape index (κ3) is 6.32. The molecule has 0 aromatic heterocycles. The average molecular weight is 431 g/mol. The number of nitrogens with zero attached hydrogens (tertiary/aromatic N) is 2. The van der Waals surface area contributed by atoms with E-state index >= 15 is 0 Å². The number of benzene rings is 1. The molecular weight excluding hydrogens is 396 g/mol. The van der Waals surface area contributed by atoms with Gasteiger partial charge in [-0.05, 0) is 58.4 Å². The van der Waals surface area contributed by atoms with Crippen LogP contribution in [0.1, 0.15) is 61.0 Å². The summed E-state index contributed by atoms with van der Waals surface area (Å²) in [5, 5.41) is 0. The molecule has 170 valence electrons. The molecule has 31 heavy (non-hydrogen) atoms. The summed E-state index contributed by atoms with van der Waals surface area (Å²) >= 11 is 0. The highest BCUT2D eigenvalue weighted by Crippen LogP contribution is 2.31. The number of aliphatic imine (C=N–C) groups is 1. The van der Waals surface area contributed by atoms with Gasteiger partial charge in [0.2, 0.25) is 5.90 Å². The van der Waals surface area contributed by atoms with Crippen LogP contribution in [-0.4, -0.2) is 48.0 Å². The summed E-state index contributed by atoms with van der Waals surface area (Å²) in [5.74, 6) is 0.800. The molecule has 0 saturated carbocycles. The maximum atomic E-state index is 12.6. The Bertz CT molecular complexity index is 870. The van der Waals surface area contributed by atoms with E-state index in [0.717, 1.165) is 5.56 Å². The fourth-order valence-electron chi connectivity index (χ4n) is 3.28. The predicted molar refractivity (Wildman–Crippen MR) is 121 cm³/mol. The molecular formula is C24H34N2O5. The van der Waals surface area contributed by atoms with Gasteiger partial charge in [-0.2, -0.15) is 0 Å². The highest BCUT2D eigenvalue weighted by molar-refractivity contribution is 6.08. The van der Waals surface area contributed by atoms with Crippen molar-refractivity contribution in [2.24, 2.45) is 10.4 Å². The number of carbonyl (C=O) groups is 2. The van der Waals surface area contributed by atoms with Crippen LogP contribution >= 0.6 is 0 Å². The van der Waals surface area contributed by atoms with Crippen LogP contribution in [0.5, 0.6) is 11.5 Å². The van der Waals surface area contributed by atoms with Crippen LogP contribution in [0, 0.1) is 5.41 Å². The SMILES string of the molecule is CCOc1cc(/C=C2\N=C(C(C)(C)C)OC2=O)ccc1OCC(=O)N(C(C)C)C(C)C. The lowest BCUT2D eigenvalue weighted by Gasteiger charge is -2.30. The number of carbonyl (C=O) groups excluding carboxylic acids is 2. The van der Waals surface area contributed by atoms with Crippen molar-refractivity contribution in [3.63, 3.8) is 0 Å². The van der Waals surface area contributed by atoms with Crippen LogP contribution in [0.15, 0.2) is 28.9 Å². The van der Waals surface area contributed by atoms with Gasteiger partial charge in [0.05, 0.1) is 6.61 Å². The van der Waals surface area contributed by atoms with Crippen LogP contribution in [0.2, 0.25) is 0 Å². The molecule has 1 aromatic carbocycles. The number of rotatable bonds is 8. The monoisotopic (exact) mass is 430 g/mol. The zero-order chi connectivity index (χ0) is 23.3. The number of amides is 1. The first-order valence-electron chi connectivity index (χ1n) is 10.7. The maximum absolute atomic E-state index is 12.6. The first-order chi connectivity index (χ1) is 14.4. The number of hydrogen-bond donors (Lipinski definition) is 0. The second kappa shape index (κ2) is 9.98. The Hall–Kier alpha value is -2.83.